The molecule has 0 bridgehead atoms. The monoisotopic (exact) mass is 427 g/mol. The third kappa shape index (κ3) is 4.27. The molecule has 10 heteroatoms. The summed E-state index contributed by atoms with van der Waals surface area (Å²) in [4.78, 5) is 36.4. The fraction of sp³-hybridized carbons (Fsp3) is 0.238. The average Bonchev–Trinajstić information content (AvgIpc) is 2.78. The standard InChI is InChI=1S/C21H21N3O7/c1-4-31-20(25)17-18(12-8-6-5-7-9-12)22-21(26)23-19(17)13-10-14(24(27)28)16(30-3)11-15(13)29-2/h5-11,19H,4H2,1-3H3,(H2,22,23,26). The molecule has 0 aromatic heterocycles. The molecule has 0 radical (unpaired) electrons. The van der Waals surface area contributed by atoms with Crippen LogP contribution >= 0.6 is 0 Å². The van der Waals surface area contributed by atoms with Crippen LogP contribution in [0.1, 0.15) is 24.1 Å². The molecule has 1 aliphatic heterocycles. The quantitative estimate of drug-likeness (QED) is 0.395. The van der Waals surface area contributed by atoms with Gasteiger partial charge in [0.15, 0.2) is 0 Å². The van der Waals surface area contributed by atoms with Crippen molar-refractivity contribution < 1.29 is 28.7 Å². The summed E-state index contributed by atoms with van der Waals surface area (Å²) in [6.45, 7) is 1.76. The summed E-state index contributed by atoms with van der Waals surface area (Å²) in [5, 5.41) is 16.9. The van der Waals surface area contributed by atoms with E-state index in [9.17, 15) is 19.7 Å². The molecule has 0 fully saturated rings. The van der Waals surface area contributed by atoms with E-state index in [2.05, 4.69) is 10.6 Å². The molecular weight excluding hydrogens is 406 g/mol. The number of carbonyl (C=O) groups is 2. The lowest BCUT2D eigenvalue weighted by molar-refractivity contribution is -0.385. The third-order valence-corrected chi connectivity index (χ3v) is 4.67. The van der Waals surface area contributed by atoms with E-state index in [1.165, 1.54) is 26.4 Å². The van der Waals surface area contributed by atoms with Crippen LogP contribution in [0.3, 0.4) is 0 Å². The van der Waals surface area contributed by atoms with Gasteiger partial charge in [0.1, 0.15) is 5.75 Å². The number of rotatable bonds is 7. The number of nitrogens with zero attached hydrogens (tertiary/aromatic N) is 1. The Balaban J connectivity index is 2.29. The van der Waals surface area contributed by atoms with Gasteiger partial charge >= 0.3 is 17.7 Å². The van der Waals surface area contributed by atoms with E-state index in [1.807, 2.05) is 0 Å². The van der Waals surface area contributed by atoms with E-state index in [0.29, 0.717) is 5.56 Å². The molecule has 31 heavy (non-hydrogen) atoms. The molecule has 2 N–H and O–H groups in total. The number of hydrogen-bond donors (Lipinski definition) is 2. The third-order valence-electron chi connectivity index (χ3n) is 4.67. The Bertz CT molecular complexity index is 1050. The summed E-state index contributed by atoms with van der Waals surface area (Å²) in [5.41, 5.74) is 0.781. The predicted molar refractivity (Wildman–Crippen MR) is 111 cm³/mol. The van der Waals surface area contributed by atoms with Gasteiger partial charge in [-0.3, -0.25) is 10.1 Å². The molecule has 162 valence electrons. The van der Waals surface area contributed by atoms with E-state index >= 15 is 0 Å². The van der Waals surface area contributed by atoms with Crippen molar-refractivity contribution in [2.45, 2.75) is 13.0 Å². The van der Waals surface area contributed by atoms with Crippen LogP contribution in [-0.2, 0) is 9.53 Å². The number of benzene rings is 2. The first-order valence-corrected chi connectivity index (χ1v) is 9.35. The maximum atomic E-state index is 12.9. The van der Waals surface area contributed by atoms with Crippen LogP contribution < -0.4 is 20.1 Å². The highest BCUT2D eigenvalue weighted by molar-refractivity contribution is 6.04. The maximum Gasteiger partial charge on any atom is 0.338 e. The lowest BCUT2D eigenvalue weighted by Crippen LogP contribution is -2.45. The first-order chi connectivity index (χ1) is 14.9. The molecule has 0 saturated heterocycles. The first-order valence-electron chi connectivity index (χ1n) is 9.35. The highest BCUT2D eigenvalue weighted by Gasteiger charge is 2.37. The van der Waals surface area contributed by atoms with Gasteiger partial charge in [0.25, 0.3) is 0 Å². The Morgan fingerprint density at radius 3 is 2.39 bits per heavy atom. The van der Waals surface area contributed by atoms with Crippen molar-refractivity contribution in [3.05, 3.63) is 69.3 Å². The maximum absolute atomic E-state index is 12.9. The highest BCUT2D eigenvalue weighted by Crippen LogP contribution is 2.41. The zero-order chi connectivity index (χ0) is 22.5. The van der Waals surface area contributed by atoms with Crippen LogP contribution in [0.5, 0.6) is 11.5 Å². The van der Waals surface area contributed by atoms with E-state index in [4.69, 9.17) is 14.2 Å². The van der Waals surface area contributed by atoms with Gasteiger partial charge in [-0.15, -0.1) is 0 Å². The molecule has 1 unspecified atom stereocenters. The molecule has 10 nitrogen and oxygen atoms in total. The average molecular weight is 427 g/mol. The van der Waals surface area contributed by atoms with Gasteiger partial charge < -0.3 is 24.8 Å². The van der Waals surface area contributed by atoms with Crippen molar-refractivity contribution in [3.8, 4) is 11.5 Å². The number of nitro benzene ring substituents is 1. The zero-order valence-electron chi connectivity index (χ0n) is 17.1. The SMILES string of the molecule is CCOC(=O)C1=C(c2ccccc2)NC(=O)NC1c1cc([N+](=O)[O-])c(OC)cc1OC. The van der Waals surface area contributed by atoms with Gasteiger partial charge in [0, 0.05) is 17.7 Å². The number of ether oxygens (including phenoxy) is 3. The van der Waals surface area contributed by atoms with E-state index in [0.717, 1.165) is 0 Å². The Labute approximate surface area is 177 Å². The van der Waals surface area contributed by atoms with Gasteiger partial charge in [0.2, 0.25) is 5.75 Å². The van der Waals surface area contributed by atoms with Crippen LogP contribution in [0.15, 0.2) is 48.0 Å². The topological polar surface area (TPSA) is 129 Å². The Morgan fingerprint density at radius 1 is 1.13 bits per heavy atom. The summed E-state index contributed by atoms with van der Waals surface area (Å²) in [5.74, 6) is -0.501. The Kier molecular flexibility index (Phi) is 6.39. The van der Waals surface area contributed by atoms with Gasteiger partial charge in [-0.2, -0.15) is 0 Å². The van der Waals surface area contributed by atoms with Crippen molar-refractivity contribution in [1.82, 2.24) is 10.6 Å². The number of nitrogens with one attached hydrogen (secondary N) is 2. The lowest BCUT2D eigenvalue weighted by Gasteiger charge is -2.30. The second-order valence-electron chi connectivity index (χ2n) is 6.43. The number of methoxy groups -OCH3 is 2. The van der Waals surface area contributed by atoms with Crippen LogP contribution in [0.25, 0.3) is 5.70 Å². The summed E-state index contributed by atoms with van der Waals surface area (Å²) >= 11 is 0. The normalized spacial score (nSPS) is 15.6. The van der Waals surface area contributed by atoms with Crippen LogP contribution in [-0.4, -0.2) is 37.8 Å². The molecule has 2 amide bonds. The van der Waals surface area contributed by atoms with Crippen LogP contribution in [0.4, 0.5) is 10.5 Å². The number of urea groups is 1. The molecule has 0 spiro atoms. The smallest absolute Gasteiger partial charge is 0.338 e. The highest BCUT2D eigenvalue weighted by atomic mass is 16.6. The fourth-order valence-electron chi connectivity index (χ4n) is 3.33. The number of carbonyl (C=O) groups excluding carboxylic acids is 2. The lowest BCUT2D eigenvalue weighted by atomic mass is 9.91. The molecule has 0 saturated carbocycles. The minimum Gasteiger partial charge on any atom is -0.496 e. The van der Waals surface area contributed by atoms with Gasteiger partial charge in [0.05, 0.1) is 43.1 Å². The minimum atomic E-state index is -1.07. The number of nitro groups is 1. The van der Waals surface area contributed by atoms with Crippen molar-refractivity contribution in [3.63, 3.8) is 0 Å². The molecular formula is C21H21N3O7. The van der Waals surface area contributed by atoms with Crippen molar-refractivity contribution >= 4 is 23.4 Å². The van der Waals surface area contributed by atoms with E-state index in [-0.39, 0.29) is 40.6 Å². The minimum absolute atomic E-state index is 0.0178. The first kappa shape index (κ1) is 21.6. The zero-order valence-corrected chi connectivity index (χ0v) is 17.1. The molecule has 2 aromatic carbocycles. The second kappa shape index (κ2) is 9.16. The van der Waals surface area contributed by atoms with Crippen LogP contribution in [0.2, 0.25) is 0 Å². The molecule has 2 aromatic rings. The summed E-state index contributed by atoms with van der Waals surface area (Å²) in [7, 11) is 2.67. The van der Waals surface area contributed by atoms with Gasteiger partial charge in [-0.05, 0) is 12.5 Å². The van der Waals surface area contributed by atoms with Crippen molar-refractivity contribution in [2.75, 3.05) is 20.8 Å². The summed E-state index contributed by atoms with van der Waals surface area (Å²) in [6.07, 6.45) is 0. The predicted octanol–water partition coefficient (Wildman–Crippen LogP) is 2.94. The van der Waals surface area contributed by atoms with Crippen molar-refractivity contribution in [1.29, 1.82) is 0 Å². The van der Waals surface area contributed by atoms with Crippen LogP contribution in [0, 0.1) is 10.1 Å². The fourth-order valence-corrected chi connectivity index (χ4v) is 3.33. The molecule has 0 aliphatic carbocycles. The van der Waals surface area contributed by atoms with E-state index in [1.54, 1.807) is 37.3 Å². The molecule has 3 rings (SSSR count). The molecule has 1 aliphatic rings. The summed E-state index contributed by atoms with van der Waals surface area (Å²) in [6, 6.07) is 9.67. The molecule has 1 heterocycles. The Morgan fingerprint density at radius 2 is 1.81 bits per heavy atom. The number of esters is 1. The van der Waals surface area contributed by atoms with Gasteiger partial charge in [-0.1, -0.05) is 30.3 Å². The summed E-state index contributed by atoms with van der Waals surface area (Å²) < 4.78 is 15.7. The largest absolute Gasteiger partial charge is 0.496 e. The number of hydrogen-bond acceptors (Lipinski definition) is 7. The van der Waals surface area contributed by atoms with Gasteiger partial charge in [-0.25, -0.2) is 9.59 Å². The van der Waals surface area contributed by atoms with Crippen molar-refractivity contribution in [2.24, 2.45) is 0 Å². The molecule has 1 atom stereocenters. The second-order valence-corrected chi connectivity index (χ2v) is 6.43. The van der Waals surface area contributed by atoms with E-state index < -0.39 is 23.0 Å². The Hall–Kier alpha value is -4.08. The number of amides is 2.